The van der Waals surface area contributed by atoms with Crippen molar-refractivity contribution in [2.75, 3.05) is 0 Å². The predicted molar refractivity (Wildman–Crippen MR) is 46.2 cm³/mol. The third kappa shape index (κ3) is 1.62. The van der Waals surface area contributed by atoms with E-state index in [-0.39, 0.29) is 6.73 Å². The third-order valence-electron chi connectivity index (χ3n) is 1.51. The monoisotopic (exact) mass is 218 g/mol. The number of aromatic nitrogens is 2. The minimum absolute atomic E-state index is 0.0564. The average molecular weight is 219 g/mol. The second-order valence-corrected chi connectivity index (χ2v) is 3.53. The molecule has 0 bridgehead atoms. The zero-order valence-electron chi connectivity index (χ0n) is 6.58. The van der Waals surface area contributed by atoms with E-state index in [0.717, 1.165) is 10.2 Å². The van der Waals surface area contributed by atoms with Crippen LogP contribution in [0.4, 0.5) is 0 Å². The van der Waals surface area contributed by atoms with Gasteiger partial charge < -0.3 is 5.11 Å². The molecular weight excluding hydrogens is 208 g/mol. The molecule has 62 valence electrons. The fraction of sp³-hybridized carbons (Fsp3) is 0.571. The Bertz CT molecular complexity index is 245. The van der Waals surface area contributed by atoms with Gasteiger partial charge in [-0.3, -0.25) is 0 Å². The van der Waals surface area contributed by atoms with E-state index in [4.69, 9.17) is 5.11 Å². The van der Waals surface area contributed by atoms with Crippen molar-refractivity contribution in [3.8, 4) is 0 Å². The van der Waals surface area contributed by atoms with Crippen LogP contribution in [-0.2, 0) is 6.73 Å². The minimum Gasteiger partial charge on any atom is -0.374 e. The second-order valence-electron chi connectivity index (χ2n) is 2.67. The van der Waals surface area contributed by atoms with Gasteiger partial charge in [0.1, 0.15) is 6.73 Å². The molecule has 0 aliphatic carbocycles. The Balaban J connectivity index is 3.07. The molecule has 11 heavy (non-hydrogen) atoms. The number of nitrogens with zero attached hydrogens (tertiary/aromatic N) is 2. The van der Waals surface area contributed by atoms with Crippen LogP contribution in [0, 0.1) is 0 Å². The molecule has 3 nitrogen and oxygen atoms in total. The molecule has 0 saturated heterocycles. The Morgan fingerprint density at radius 2 is 2.36 bits per heavy atom. The van der Waals surface area contributed by atoms with Crippen LogP contribution >= 0.6 is 15.9 Å². The molecule has 1 heterocycles. The minimum atomic E-state index is -0.0564. The lowest BCUT2D eigenvalue weighted by molar-refractivity contribution is 0.190. The van der Waals surface area contributed by atoms with E-state index >= 15 is 0 Å². The van der Waals surface area contributed by atoms with Crippen molar-refractivity contribution in [1.82, 2.24) is 9.78 Å². The van der Waals surface area contributed by atoms with Gasteiger partial charge in [0.15, 0.2) is 0 Å². The Morgan fingerprint density at radius 3 is 2.73 bits per heavy atom. The van der Waals surface area contributed by atoms with E-state index in [0.29, 0.717) is 5.92 Å². The maximum Gasteiger partial charge on any atom is 0.136 e. The smallest absolute Gasteiger partial charge is 0.136 e. The Morgan fingerprint density at radius 1 is 1.73 bits per heavy atom. The van der Waals surface area contributed by atoms with Crippen LogP contribution in [0.2, 0.25) is 0 Å². The molecular formula is C7H11BrN2O. The first-order chi connectivity index (χ1) is 5.16. The summed E-state index contributed by atoms with van der Waals surface area (Å²) < 4.78 is 2.54. The molecule has 0 aliphatic heterocycles. The van der Waals surface area contributed by atoms with Crippen molar-refractivity contribution in [2.45, 2.75) is 26.5 Å². The first kappa shape index (κ1) is 8.74. The van der Waals surface area contributed by atoms with Crippen molar-refractivity contribution in [1.29, 1.82) is 0 Å². The number of halogens is 1. The van der Waals surface area contributed by atoms with Crippen LogP contribution < -0.4 is 0 Å². The lowest BCUT2D eigenvalue weighted by atomic mass is 10.1. The molecule has 1 aromatic heterocycles. The van der Waals surface area contributed by atoms with Crippen molar-refractivity contribution in [3.63, 3.8) is 0 Å². The highest BCUT2D eigenvalue weighted by atomic mass is 79.9. The van der Waals surface area contributed by atoms with Crippen LogP contribution in [0.25, 0.3) is 0 Å². The Hall–Kier alpha value is -0.350. The first-order valence-electron chi connectivity index (χ1n) is 3.49. The van der Waals surface area contributed by atoms with E-state index in [2.05, 4.69) is 34.9 Å². The third-order valence-corrected chi connectivity index (χ3v) is 2.13. The van der Waals surface area contributed by atoms with Crippen molar-refractivity contribution in [2.24, 2.45) is 0 Å². The average Bonchev–Trinajstić information content (AvgIpc) is 2.30. The van der Waals surface area contributed by atoms with Gasteiger partial charge in [0, 0.05) is 0 Å². The van der Waals surface area contributed by atoms with Crippen LogP contribution in [0.5, 0.6) is 0 Å². The van der Waals surface area contributed by atoms with Crippen LogP contribution in [0.1, 0.15) is 25.5 Å². The summed E-state index contributed by atoms with van der Waals surface area (Å²) in [5.41, 5.74) is 1.03. The van der Waals surface area contributed by atoms with Crippen molar-refractivity contribution >= 4 is 15.9 Å². The lowest BCUT2D eigenvalue weighted by Crippen LogP contribution is -2.05. The summed E-state index contributed by atoms with van der Waals surface area (Å²) in [5.74, 6) is 0.374. The molecule has 0 spiro atoms. The molecule has 1 rings (SSSR count). The number of aliphatic hydroxyl groups is 1. The van der Waals surface area contributed by atoms with Gasteiger partial charge in [0.05, 0.1) is 16.4 Å². The summed E-state index contributed by atoms with van der Waals surface area (Å²) in [4.78, 5) is 0. The lowest BCUT2D eigenvalue weighted by Gasteiger charge is -2.07. The summed E-state index contributed by atoms with van der Waals surface area (Å²) in [5, 5.41) is 12.8. The van der Waals surface area contributed by atoms with E-state index < -0.39 is 0 Å². The zero-order valence-corrected chi connectivity index (χ0v) is 8.17. The Labute approximate surface area is 74.2 Å². The van der Waals surface area contributed by atoms with Gasteiger partial charge in [0.25, 0.3) is 0 Å². The number of hydrogen-bond donors (Lipinski definition) is 1. The molecule has 0 fully saturated rings. The maximum absolute atomic E-state index is 8.86. The largest absolute Gasteiger partial charge is 0.374 e. The molecule has 0 saturated carbocycles. The molecule has 0 amide bonds. The summed E-state index contributed by atoms with van der Waals surface area (Å²) in [6.45, 7) is 4.07. The molecule has 0 aromatic carbocycles. The standard InChI is InChI=1S/C7H11BrN2O/c1-5(2)7-6(8)3-9-10(7)4-11/h3,5,11H,4H2,1-2H3. The van der Waals surface area contributed by atoms with E-state index in [9.17, 15) is 0 Å². The van der Waals surface area contributed by atoms with Gasteiger partial charge in [-0.25, -0.2) is 4.68 Å². The predicted octanol–water partition coefficient (Wildman–Crippen LogP) is 1.72. The number of hydrogen-bond acceptors (Lipinski definition) is 2. The Kier molecular flexibility index (Phi) is 2.67. The highest BCUT2D eigenvalue weighted by Gasteiger charge is 2.10. The van der Waals surface area contributed by atoms with E-state index in [1.165, 1.54) is 0 Å². The van der Waals surface area contributed by atoms with Crippen LogP contribution in [0.15, 0.2) is 10.7 Å². The molecule has 0 unspecified atom stereocenters. The molecule has 4 heteroatoms. The molecule has 0 aliphatic rings. The quantitative estimate of drug-likeness (QED) is 0.822. The molecule has 1 N–H and O–H groups in total. The zero-order chi connectivity index (χ0) is 8.43. The highest BCUT2D eigenvalue weighted by molar-refractivity contribution is 9.10. The van der Waals surface area contributed by atoms with Gasteiger partial charge in [-0.05, 0) is 21.8 Å². The SMILES string of the molecule is CC(C)c1c(Br)cnn1CO. The summed E-state index contributed by atoms with van der Waals surface area (Å²) >= 11 is 3.36. The summed E-state index contributed by atoms with van der Waals surface area (Å²) in [6, 6.07) is 0. The molecule has 1 aromatic rings. The van der Waals surface area contributed by atoms with Gasteiger partial charge in [-0.2, -0.15) is 5.10 Å². The maximum atomic E-state index is 8.86. The van der Waals surface area contributed by atoms with E-state index in [1.807, 2.05) is 0 Å². The summed E-state index contributed by atoms with van der Waals surface area (Å²) in [6.07, 6.45) is 1.70. The van der Waals surface area contributed by atoms with Gasteiger partial charge in [0.2, 0.25) is 0 Å². The summed E-state index contributed by atoms with van der Waals surface area (Å²) in [7, 11) is 0. The van der Waals surface area contributed by atoms with Gasteiger partial charge in [-0.1, -0.05) is 13.8 Å². The van der Waals surface area contributed by atoms with Gasteiger partial charge in [-0.15, -0.1) is 0 Å². The molecule has 0 radical (unpaired) electrons. The van der Waals surface area contributed by atoms with Crippen LogP contribution in [-0.4, -0.2) is 14.9 Å². The van der Waals surface area contributed by atoms with Crippen LogP contribution in [0.3, 0.4) is 0 Å². The second kappa shape index (κ2) is 3.36. The molecule has 0 atom stereocenters. The number of rotatable bonds is 2. The fourth-order valence-electron chi connectivity index (χ4n) is 1.06. The highest BCUT2D eigenvalue weighted by Crippen LogP contribution is 2.23. The fourth-order valence-corrected chi connectivity index (χ4v) is 1.81. The first-order valence-corrected chi connectivity index (χ1v) is 4.28. The van der Waals surface area contributed by atoms with Crippen molar-refractivity contribution < 1.29 is 5.11 Å². The normalized spacial score (nSPS) is 11.0. The van der Waals surface area contributed by atoms with Crippen molar-refractivity contribution in [3.05, 3.63) is 16.4 Å². The number of aliphatic hydroxyl groups excluding tert-OH is 1. The van der Waals surface area contributed by atoms with E-state index in [1.54, 1.807) is 10.9 Å². The van der Waals surface area contributed by atoms with Gasteiger partial charge >= 0.3 is 0 Å². The topological polar surface area (TPSA) is 38.0 Å².